The van der Waals surface area contributed by atoms with Crippen molar-refractivity contribution in [2.45, 2.75) is 18.9 Å². The molecule has 0 saturated carbocycles. The number of pyridine rings is 1. The van der Waals surface area contributed by atoms with Crippen LogP contribution in [0.25, 0.3) is 22.5 Å². The van der Waals surface area contributed by atoms with Gasteiger partial charge >= 0.3 is 0 Å². The van der Waals surface area contributed by atoms with Crippen molar-refractivity contribution in [1.29, 1.82) is 0 Å². The summed E-state index contributed by atoms with van der Waals surface area (Å²) in [6.07, 6.45) is 0.763. The third kappa shape index (κ3) is 3.43. The number of benzene rings is 1. The fraction of sp³-hybridized carbons (Fsp3) is 0.250. The summed E-state index contributed by atoms with van der Waals surface area (Å²) >= 11 is 7.72. The molecule has 1 N–H and O–H groups in total. The Balaban J connectivity index is 1.81. The van der Waals surface area contributed by atoms with Crippen LogP contribution in [0.4, 0.5) is 5.69 Å². The predicted molar refractivity (Wildman–Crippen MR) is 105 cm³/mol. The topological polar surface area (TPSA) is 36.4 Å². The SMILES string of the molecule is CC1(O)CCN(c2ccc(-c3ccsc3)nc2-c2ccc(Cl)cc2)C1. The summed E-state index contributed by atoms with van der Waals surface area (Å²) < 4.78 is 0. The zero-order valence-corrected chi connectivity index (χ0v) is 15.5. The van der Waals surface area contributed by atoms with E-state index in [1.165, 1.54) is 0 Å². The van der Waals surface area contributed by atoms with Gasteiger partial charge in [0, 0.05) is 34.6 Å². The summed E-state index contributed by atoms with van der Waals surface area (Å²) in [4.78, 5) is 7.16. The molecular formula is C20H19ClN2OS. The van der Waals surface area contributed by atoms with Gasteiger partial charge in [-0.15, -0.1) is 0 Å². The predicted octanol–water partition coefficient (Wildman–Crippen LogP) is 5.09. The summed E-state index contributed by atoms with van der Waals surface area (Å²) in [6, 6.07) is 14.0. The van der Waals surface area contributed by atoms with E-state index in [9.17, 15) is 5.11 Å². The molecule has 1 aliphatic rings. The number of halogens is 1. The molecule has 4 rings (SSSR count). The van der Waals surface area contributed by atoms with E-state index in [0.717, 1.165) is 41.2 Å². The molecule has 128 valence electrons. The Hall–Kier alpha value is -1.88. The largest absolute Gasteiger partial charge is 0.388 e. The van der Waals surface area contributed by atoms with E-state index >= 15 is 0 Å². The number of rotatable bonds is 3. The quantitative estimate of drug-likeness (QED) is 0.697. The summed E-state index contributed by atoms with van der Waals surface area (Å²) in [6.45, 7) is 3.34. The highest BCUT2D eigenvalue weighted by atomic mass is 35.5. The smallest absolute Gasteiger partial charge is 0.0942 e. The van der Waals surface area contributed by atoms with Crippen molar-refractivity contribution >= 4 is 28.6 Å². The number of hydrogen-bond donors (Lipinski definition) is 1. The van der Waals surface area contributed by atoms with Gasteiger partial charge in [0.05, 0.1) is 22.7 Å². The van der Waals surface area contributed by atoms with Crippen molar-refractivity contribution in [2.24, 2.45) is 0 Å². The van der Waals surface area contributed by atoms with Crippen LogP contribution in [0.2, 0.25) is 5.02 Å². The normalized spacial score (nSPS) is 20.2. The van der Waals surface area contributed by atoms with E-state index in [1.54, 1.807) is 11.3 Å². The van der Waals surface area contributed by atoms with Crippen LogP contribution in [0.5, 0.6) is 0 Å². The van der Waals surface area contributed by atoms with E-state index in [1.807, 2.05) is 31.2 Å². The third-order valence-corrected chi connectivity index (χ3v) is 5.54. The molecule has 3 nitrogen and oxygen atoms in total. The Bertz CT molecular complexity index is 875. The summed E-state index contributed by atoms with van der Waals surface area (Å²) in [5.74, 6) is 0. The molecule has 25 heavy (non-hydrogen) atoms. The first-order valence-electron chi connectivity index (χ1n) is 8.29. The molecule has 1 aromatic carbocycles. The number of hydrogen-bond acceptors (Lipinski definition) is 4. The Labute approximate surface area is 156 Å². The average Bonchev–Trinajstić information content (AvgIpc) is 3.25. The fourth-order valence-electron chi connectivity index (χ4n) is 3.25. The lowest BCUT2D eigenvalue weighted by atomic mass is 10.1. The second-order valence-corrected chi connectivity index (χ2v) is 7.97. The number of aliphatic hydroxyl groups is 1. The Morgan fingerprint density at radius 3 is 2.56 bits per heavy atom. The van der Waals surface area contributed by atoms with E-state index in [4.69, 9.17) is 16.6 Å². The molecule has 1 unspecified atom stereocenters. The monoisotopic (exact) mass is 370 g/mol. The lowest BCUT2D eigenvalue weighted by Crippen LogP contribution is -2.29. The number of aromatic nitrogens is 1. The molecular weight excluding hydrogens is 352 g/mol. The van der Waals surface area contributed by atoms with Gasteiger partial charge in [-0.1, -0.05) is 23.7 Å². The Kier molecular flexibility index (Phi) is 4.28. The molecule has 1 aliphatic heterocycles. The number of nitrogens with zero attached hydrogens (tertiary/aromatic N) is 2. The molecule has 1 fully saturated rings. The molecule has 0 spiro atoms. The number of β-amino-alcohol motifs (C(OH)–C–C–N with tert-alkyl or cyclic N) is 1. The molecule has 0 bridgehead atoms. The van der Waals surface area contributed by atoms with Gasteiger partial charge < -0.3 is 10.0 Å². The number of anilines is 1. The van der Waals surface area contributed by atoms with Crippen molar-refractivity contribution in [2.75, 3.05) is 18.0 Å². The molecule has 3 aromatic rings. The number of thiophene rings is 1. The summed E-state index contributed by atoms with van der Waals surface area (Å²) in [5.41, 5.74) is 4.45. The van der Waals surface area contributed by atoms with Crippen LogP contribution in [-0.2, 0) is 0 Å². The van der Waals surface area contributed by atoms with Gasteiger partial charge in [0.2, 0.25) is 0 Å². The van der Waals surface area contributed by atoms with Crippen molar-refractivity contribution in [3.05, 3.63) is 58.2 Å². The van der Waals surface area contributed by atoms with Crippen molar-refractivity contribution in [1.82, 2.24) is 4.98 Å². The van der Waals surface area contributed by atoms with Gasteiger partial charge in [0.25, 0.3) is 0 Å². The average molecular weight is 371 g/mol. The molecule has 1 atom stereocenters. The van der Waals surface area contributed by atoms with Crippen LogP contribution in [-0.4, -0.2) is 28.8 Å². The van der Waals surface area contributed by atoms with E-state index < -0.39 is 5.60 Å². The highest BCUT2D eigenvalue weighted by molar-refractivity contribution is 7.08. The molecule has 2 aromatic heterocycles. The fourth-order valence-corrected chi connectivity index (χ4v) is 4.02. The van der Waals surface area contributed by atoms with Crippen LogP contribution < -0.4 is 4.90 Å². The maximum Gasteiger partial charge on any atom is 0.0942 e. The summed E-state index contributed by atoms with van der Waals surface area (Å²) in [7, 11) is 0. The Morgan fingerprint density at radius 1 is 1.12 bits per heavy atom. The van der Waals surface area contributed by atoms with Gasteiger partial charge in [-0.05, 0) is 49.1 Å². The maximum absolute atomic E-state index is 10.4. The van der Waals surface area contributed by atoms with Crippen LogP contribution in [0.1, 0.15) is 13.3 Å². The van der Waals surface area contributed by atoms with E-state index in [-0.39, 0.29) is 0 Å². The highest BCUT2D eigenvalue weighted by Crippen LogP contribution is 2.36. The zero-order valence-electron chi connectivity index (χ0n) is 13.9. The van der Waals surface area contributed by atoms with Crippen molar-refractivity contribution in [3.8, 4) is 22.5 Å². The van der Waals surface area contributed by atoms with Crippen molar-refractivity contribution < 1.29 is 5.11 Å². The lowest BCUT2D eigenvalue weighted by Gasteiger charge is -2.23. The van der Waals surface area contributed by atoms with Crippen LogP contribution in [0.3, 0.4) is 0 Å². The first-order valence-corrected chi connectivity index (χ1v) is 9.61. The molecule has 0 amide bonds. The van der Waals surface area contributed by atoms with Gasteiger partial charge in [-0.2, -0.15) is 11.3 Å². The molecule has 0 aliphatic carbocycles. The summed E-state index contributed by atoms with van der Waals surface area (Å²) in [5, 5.41) is 15.2. The molecule has 0 radical (unpaired) electrons. The first-order chi connectivity index (χ1) is 12.0. The van der Waals surface area contributed by atoms with Gasteiger partial charge in [-0.3, -0.25) is 0 Å². The zero-order chi connectivity index (χ0) is 17.4. The van der Waals surface area contributed by atoms with Gasteiger partial charge in [-0.25, -0.2) is 4.98 Å². The minimum Gasteiger partial charge on any atom is -0.388 e. The Morgan fingerprint density at radius 2 is 1.92 bits per heavy atom. The van der Waals surface area contributed by atoms with Crippen molar-refractivity contribution in [3.63, 3.8) is 0 Å². The highest BCUT2D eigenvalue weighted by Gasteiger charge is 2.32. The second-order valence-electron chi connectivity index (χ2n) is 6.75. The minimum atomic E-state index is -0.650. The lowest BCUT2D eigenvalue weighted by molar-refractivity contribution is 0.0839. The molecule has 5 heteroatoms. The first kappa shape index (κ1) is 16.6. The standard InChI is InChI=1S/C20H19ClN2OS/c1-20(24)9-10-23(13-20)18-7-6-17(15-8-11-25-12-15)22-19(18)14-2-4-16(21)5-3-14/h2-8,11-12,24H,9-10,13H2,1H3. The second kappa shape index (κ2) is 6.45. The van der Waals surface area contributed by atoms with E-state index in [2.05, 4.69) is 33.9 Å². The van der Waals surface area contributed by atoms with Crippen LogP contribution in [0, 0.1) is 0 Å². The van der Waals surface area contributed by atoms with Gasteiger partial charge in [0.1, 0.15) is 0 Å². The minimum absolute atomic E-state index is 0.618. The molecule has 3 heterocycles. The third-order valence-electron chi connectivity index (χ3n) is 4.60. The van der Waals surface area contributed by atoms with Crippen LogP contribution >= 0.6 is 22.9 Å². The van der Waals surface area contributed by atoms with Crippen LogP contribution in [0.15, 0.2) is 53.2 Å². The van der Waals surface area contributed by atoms with Gasteiger partial charge in [0.15, 0.2) is 0 Å². The van der Waals surface area contributed by atoms with E-state index in [0.29, 0.717) is 11.6 Å². The maximum atomic E-state index is 10.4. The molecule has 1 saturated heterocycles.